The Morgan fingerprint density at radius 3 is 1.95 bits per heavy atom. The van der Waals surface area contributed by atoms with Crippen molar-refractivity contribution in [2.24, 2.45) is 0 Å². The molecule has 0 aliphatic carbocycles. The van der Waals surface area contributed by atoms with Crippen LogP contribution in [0.15, 0.2) is 54.6 Å². The van der Waals surface area contributed by atoms with Crippen molar-refractivity contribution in [3.8, 4) is 11.5 Å². The maximum Gasteiger partial charge on any atom is 0.519 e. The van der Waals surface area contributed by atoms with Crippen molar-refractivity contribution in [1.82, 2.24) is 0 Å². The Morgan fingerprint density at radius 1 is 0.895 bits per heavy atom. The molecule has 0 fully saturated rings. The number of hydrogen-bond acceptors (Lipinski definition) is 5. The molecule has 0 aliphatic heterocycles. The highest BCUT2D eigenvalue weighted by Crippen LogP contribution is 2.18. The summed E-state index contributed by atoms with van der Waals surface area (Å²) in [6, 6.07) is 13.6. The lowest BCUT2D eigenvalue weighted by Crippen LogP contribution is -2.13. The van der Waals surface area contributed by atoms with Gasteiger partial charge in [0.1, 0.15) is 11.5 Å². The number of ether oxygens (including phenoxy) is 2. The number of benzene rings is 2. The van der Waals surface area contributed by atoms with Crippen molar-refractivity contribution in [3.63, 3.8) is 0 Å². The average molecular weight is 259 g/mol. The number of para-hydroxylation sites is 1. The predicted molar refractivity (Wildman–Crippen MR) is 66.2 cm³/mol. The van der Waals surface area contributed by atoms with Gasteiger partial charge in [0.25, 0.3) is 5.69 Å². The third kappa shape index (κ3) is 3.53. The van der Waals surface area contributed by atoms with E-state index in [0.717, 1.165) is 0 Å². The molecular weight excluding hydrogens is 250 g/mol. The minimum absolute atomic E-state index is 0.0798. The number of nitrogens with zero attached hydrogens (tertiary/aromatic N) is 1. The van der Waals surface area contributed by atoms with Gasteiger partial charge in [-0.1, -0.05) is 18.2 Å². The van der Waals surface area contributed by atoms with Crippen molar-refractivity contribution in [1.29, 1.82) is 0 Å². The van der Waals surface area contributed by atoms with E-state index in [1.807, 2.05) is 0 Å². The van der Waals surface area contributed by atoms with Gasteiger partial charge < -0.3 is 9.47 Å². The smallest absolute Gasteiger partial charge is 0.395 e. The number of non-ortho nitro benzene ring substituents is 1. The molecule has 0 unspecified atom stereocenters. The summed E-state index contributed by atoms with van der Waals surface area (Å²) in [5.74, 6) is 0.529. The lowest BCUT2D eigenvalue weighted by atomic mass is 10.3. The Balaban J connectivity index is 1.97. The van der Waals surface area contributed by atoms with Gasteiger partial charge in [-0.05, 0) is 24.3 Å². The van der Waals surface area contributed by atoms with E-state index in [0.29, 0.717) is 5.75 Å². The Kier molecular flexibility index (Phi) is 3.72. The summed E-state index contributed by atoms with van der Waals surface area (Å²) in [4.78, 5) is 21.3. The maximum atomic E-state index is 11.4. The average Bonchev–Trinajstić information content (AvgIpc) is 2.40. The van der Waals surface area contributed by atoms with Gasteiger partial charge in [-0.2, -0.15) is 0 Å². The molecule has 2 aromatic carbocycles. The van der Waals surface area contributed by atoms with Crippen molar-refractivity contribution in [2.45, 2.75) is 0 Å². The van der Waals surface area contributed by atoms with Crippen LogP contribution in [-0.2, 0) is 0 Å². The first-order valence-electron chi connectivity index (χ1n) is 5.34. The zero-order valence-corrected chi connectivity index (χ0v) is 9.68. The molecule has 0 spiro atoms. The van der Waals surface area contributed by atoms with Crippen LogP contribution in [0.3, 0.4) is 0 Å². The molecule has 0 atom stereocenters. The van der Waals surface area contributed by atoms with Crippen LogP contribution in [0.25, 0.3) is 0 Å². The molecule has 2 rings (SSSR count). The summed E-state index contributed by atoms with van der Waals surface area (Å²) in [6.45, 7) is 0. The van der Waals surface area contributed by atoms with Crippen LogP contribution in [0.5, 0.6) is 11.5 Å². The third-order valence-corrected chi connectivity index (χ3v) is 2.19. The van der Waals surface area contributed by atoms with E-state index in [2.05, 4.69) is 0 Å². The standard InChI is InChI=1S/C13H9NO5/c15-13(18-11-4-2-1-3-5-11)19-12-8-6-10(7-9-12)14(16)17/h1-9H. The van der Waals surface area contributed by atoms with E-state index < -0.39 is 11.1 Å². The number of carbonyl (C=O) groups excluding carboxylic acids is 1. The molecule has 0 aliphatic rings. The molecule has 0 bridgehead atoms. The first-order chi connectivity index (χ1) is 9.15. The van der Waals surface area contributed by atoms with Crippen LogP contribution in [0.2, 0.25) is 0 Å². The molecule has 0 saturated carbocycles. The van der Waals surface area contributed by atoms with Gasteiger partial charge in [-0.25, -0.2) is 4.79 Å². The molecule has 2 aromatic rings. The van der Waals surface area contributed by atoms with Gasteiger partial charge >= 0.3 is 6.16 Å². The molecule has 0 aromatic heterocycles. The van der Waals surface area contributed by atoms with Crippen LogP contribution < -0.4 is 9.47 Å². The Hall–Kier alpha value is -2.89. The molecular formula is C13H9NO5. The summed E-state index contributed by atoms with van der Waals surface area (Å²) in [5.41, 5.74) is -0.0798. The summed E-state index contributed by atoms with van der Waals surface area (Å²) < 4.78 is 9.77. The number of carbonyl (C=O) groups is 1. The zero-order chi connectivity index (χ0) is 13.7. The van der Waals surface area contributed by atoms with E-state index in [9.17, 15) is 14.9 Å². The molecule has 19 heavy (non-hydrogen) atoms. The fourth-order valence-corrected chi connectivity index (χ4v) is 1.34. The van der Waals surface area contributed by atoms with Crippen molar-refractivity contribution in [3.05, 3.63) is 64.7 Å². The minimum Gasteiger partial charge on any atom is -0.395 e. The fourth-order valence-electron chi connectivity index (χ4n) is 1.34. The van der Waals surface area contributed by atoms with E-state index in [-0.39, 0.29) is 11.4 Å². The van der Waals surface area contributed by atoms with Gasteiger partial charge in [0, 0.05) is 12.1 Å². The van der Waals surface area contributed by atoms with Crippen LogP contribution in [-0.4, -0.2) is 11.1 Å². The first kappa shape index (κ1) is 12.6. The second kappa shape index (κ2) is 5.63. The largest absolute Gasteiger partial charge is 0.519 e. The normalized spacial score (nSPS) is 9.68. The number of nitro groups is 1. The van der Waals surface area contributed by atoms with E-state index in [1.54, 1.807) is 30.3 Å². The molecule has 6 nitrogen and oxygen atoms in total. The predicted octanol–water partition coefficient (Wildman–Crippen LogP) is 3.17. The number of rotatable bonds is 3. The zero-order valence-electron chi connectivity index (χ0n) is 9.68. The second-order valence-electron chi connectivity index (χ2n) is 3.52. The SMILES string of the molecule is O=C(Oc1ccccc1)Oc1ccc([N+](=O)[O-])cc1. The van der Waals surface area contributed by atoms with Crippen molar-refractivity contribution < 1.29 is 19.2 Å². The monoisotopic (exact) mass is 259 g/mol. The first-order valence-corrected chi connectivity index (χ1v) is 5.34. The van der Waals surface area contributed by atoms with Crippen LogP contribution in [0.1, 0.15) is 0 Å². The lowest BCUT2D eigenvalue weighted by Gasteiger charge is -2.04. The third-order valence-electron chi connectivity index (χ3n) is 2.19. The molecule has 0 N–H and O–H groups in total. The number of nitro benzene ring substituents is 1. The van der Waals surface area contributed by atoms with Gasteiger partial charge in [0.15, 0.2) is 0 Å². The van der Waals surface area contributed by atoms with E-state index in [4.69, 9.17) is 9.47 Å². The Bertz CT molecular complexity index is 580. The van der Waals surface area contributed by atoms with Crippen LogP contribution >= 0.6 is 0 Å². The highest BCUT2D eigenvalue weighted by Gasteiger charge is 2.09. The van der Waals surface area contributed by atoms with Crippen molar-refractivity contribution in [2.75, 3.05) is 0 Å². The van der Waals surface area contributed by atoms with E-state index in [1.165, 1.54) is 24.3 Å². The fraction of sp³-hybridized carbons (Fsp3) is 0. The second-order valence-corrected chi connectivity index (χ2v) is 3.52. The Morgan fingerprint density at radius 2 is 1.42 bits per heavy atom. The topological polar surface area (TPSA) is 78.7 Å². The van der Waals surface area contributed by atoms with E-state index >= 15 is 0 Å². The molecule has 0 saturated heterocycles. The van der Waals surface area contributed by atoms with Crippen LogP contribution in [0, 0.1) is 10.1 Å². The summed E-state index contributed by atoms with van der Waals surface area (Å²) in [6.07, 6.45) is -0.903. The summed E-state index contributed by atoms with van der Waals surface area (Å²) >= 11 is 0. The summed E-state index contributed by atoms with van der Waals surface area (Å²) in [7, 11) is 0. The summed E-state index contributed by atoms with van der Waals surface area (Å²) in [5, 5.41) is 10.4. The van der Waals surface area contributed by atoms with Gasteiger partial charge in [-0.15, -0.1) is 0 Å². The molecule has 96 valence electrons. The number of hydrogen-bond donors (Lipinski definition) is 0. The lowest BCUT2D eigenvalue weighted by molar-refractivity contribution is -0.384. The molecule has 0 radical (unpaired) electrons. The molecule has 0 heterocycles. The van der Waals surface area contributed by atoms with Gasteiger partial charge in [0.05, 0.1) is 4.92 Å². The minimum atomic E-state index is -0.903. The van der Waals surface area contributed by atoms with Crippen molar-refractivity contribution >= 4 is 11.8 Å². The van der Waals surface area contributed by atoms with Gasteiger partial charge in [0.2, 0.25) is 0 Å². The van der Waals surface area contributed by atoms with Gasteiger partial charge in [-0.3, -0.25) is 10.1 Å². The highest BCUT2D eigenvalue weighted by molar-refractivity contribution is 5.67. The molecule has 0 amide bonds. The maximum absolute atomic E-state index is 11.4. The van der Waals surface area contributed by atoms with Crippen LogP contribution in [0.4, 0.5) is 10.5 Å². The highest BCUT2D eigenvalue weighted by atomic mass is 16.7. The Labute approximate surface area is 108 Å². The quantitative estimate of drug-likeness (QED) is 0.366. The molecule has 6 heteroatoms.